The van der Waals surface area contributed by atoms with Crippen molar-refractivity contribution in [2.45, 2.75) is 18.2 Å². The summed E-state index contributed by atoms with van der Waals surface area (Å²) in [5, 5.41) is 0. The van der Waals surface area contributed by atoms with Gasteiger partial charge in [0.05, 0.1) is 10.6 Å². The number of nitrogens with two attached hydrogens (primary N) is 1. The largest absolute Gasteiger partial charge is 0.368 e. The summed E-state index contributed by atoms with van der Waals surface area (Å²) in [4.78, 5) is 11.4. The van der Waals surface area contributed by atoms with Gasteiger partial charge in [0.1, 0.15) is 6.54 Å². The molecule has 0 heterocycles. The second-order valence-electron chi connectivity index (χ2n) is 4.95. The van der Waals surface area contributed by atoms with Crippen LogP contribution in [0.4, 0.5) is 5.69 Å². The van der Waals surface area contributed by atoms with Gasteiger partial charge in [0.25, 0.3) is 10.0 Å². The molecule has 122 valence electrons. The van der Waals surface area contributed by atoms with Gasteiger partial charge in [-0.3, -0.25) is 9.10 Å². The Hall–Kier alpha value is -1.86. The van der Waals surface area contributed by atoms with Crippen molar-refractivity contribution in [3.63, 3.8) is 0 Å². The highest BCUT2D eigenvalue weighted by Crippen LogP contribution is 2.25. The Labute approximate surface area is 144 Å². The highest BCUT2D eigenvalue weighted by atomic mass is 79.9. The Morgan fingerprint density at radius 3 is 2.13 bits per heavy atom. The topological polar surface area (TPSA) is 80.5 Å². The molecule has 23 heavy (non-hydrogen) atoms. The number of amides is 1. The van der Waals surface area contributed by atoms with Gasteiger partial charge >= 0.3 is 0 Å². The molecular weight excluding hydrogens is 380 g/mol. The Balaban J connectivity index is 2.48. The summed E-state index contributed by atoms with van der Waals surface area (Å²) in [5.41, 5.74) is 6.72. The maximum Gasteiger partial charge on any atom is 0.264 e. The van der Waals surface area contributed by atoms with E-state index in [9.17, 15) is 13.2 Å². The lowest BCUT2D eigenvalue weighted by Gasteiger charge is -2.23. The predicted octanol–water partition coefficient (Wildman–Crippen LogP) is 2.69. The van der Waals surface area contributed by atoms with E-state index in [0.717, 1.165) is 20.8 Å². The van der Waals surface area contributed by atoms with Crippen molar-refractivity contribution in [1.29, 1.82) is 0 Å². The van der Waals surface area contributed by atoms with Crippen molar-refractivity contribution in [3.8, 4) is 0 Å². The van der Waals surface area contributed by atoms with E-state index in [1.54, 1.807) is 24.3 Å². The van der Waals surface area contributed by atoms with Gasteiger partial charge in [0.2, 0.25) is 5.91 Å². The fourth-order valence-electron chi connectivity index (χ4n) is 2.09. The molecule has 0 fully saturated rings. The molecule has 0 saturated heterocycles. The van der Waals surface area contributed by atoms with Crippen LogP contribution in [-0.4, -0.2) is 20.9 Å². The van der Waals surface area contributed by atoms with Crippen LogP contribution < -0.4 is 10.0 Å². The molecule has 2 rings (SSSR count). The average molecular weight is 397 g/mol. The molecule has 0 unspecified atom stereocenters. The number of aryl methyl sites for hydroxylation is 1. The highest BCUT2D eigenvalue weighted by molar-refractivity contribution is 9.10. The maximum atomic E-state index is 12.8. The molecule has 5 nitrogen and oxygen atoms in total. The van der Waals surface area contributed by atoms with Crippen molar-refractivity contribution in [2.75, 3.05) is 10.8 Å². The summed E-state index contributed by atoms with van der Waals surface area (Å²) in [5.74, 6) is -0.717. The van der Waals surface area contributed by atoms with E-state index in [2.05, 4.69) is 15.9 Å². The number of carbonyl (C=O) groups is 1. The first-order valence-electron chi connectivity index (χ1n) is 7.00. The van der Waals surface area contributed by atoms with E-state index in [1.807, 2.05) is 19.1 Å². The van der Waals surface area contributed by atoms with Gasteiger partial charge in [-0.05, 0) is 48.4 Å². The van der Waals surface area contributed by atoms with Crippen LogP contribution in [0.1, 0.15) is 12.5 Å². The van der Waals surface area contributed by atoms with Gasteiger partial charge in [-0.1, -0.05) is 35.0 Å². The van der Waals surface area contributed by atoms with Gasteiger partial charge in [0.15, 0.2) is 0 Å². The lowest BCUT2D eigenvalue weighted by atomic mass is 10.1. The number of anilines is 1. The number of hydrogen-bond donors (Lipinski definition) is 1. The summed E-state index contributed by atoms with van der Waals surface area (Å²) < 4.78 is 27.5. The molecule has 7 heteroatoms. The number of hydrogen-bond acceptors (Lipinski definition) is 3. The van der Waals surface area contributed by atoms with Crippen LogP contribution >= 0.6 is 15.9 Å². The molecule has 1 amide bonds. The van der Waals surface area contributed by atoms with Gasteiger partial charge < -0.3 is 5.73 Å². The quantitative estimate of drug-likeness (QED) is 0.814. The Morgan fingerprint density at radius 1 is 1.09 bits per heavy atom. The predicted molar refractivity (Wildman–Crippen MR) is 93.7 cm³/mol. The monoisotopic (exact) mass is 396 g/mol. The molecular formula is C16H17BrN2O3S. The molecule has 0 radical (unpaired) electrons. The van der Waals surface area contributed by atoms with Crippen molar-refractivity contribution >= 4 is 37.5 Å². The first-order chi connectivity index (χ1) is 10.8. The summed E-state index contributed by atoms with van der Waals surface area (Å²) in [6.07, 6.45) is 0.843. The van der Waals surface area contributed by atoms with Crippen molar-refractivity contribution < 1.29 is 13.2 Å². The molecule has 0 saturated carbocycles. The third kappa shape index (κ3) is 4.11. The van der Waals surface area contributed by atoms with Crippen molar-refractivity contribution in [3.05, 3.63) is 58.6 Å². The smallest absolute Gasteiger partial charge is 0.264 e. The molecule has 0 aliphatic heterocycles. The number of carbonyl (C=O) groups excluding carboxylic acids is 1. The third-order valence-corrected chi connectivity index (χ3v) is 5.65. The molecule has 2 aromatic carbocycles. The number of rotatable bonds is 6. The minimum Gasteiger partial charge on any atom is -0.368 e. The van der Waals surface area contributed by atoms with Crippen LogP contribution in [0.2, 0.25) is 0 Å². The fraction of sp³-hybridized carbons (Fsp3) is 0.188. The van der Waals surface area contributed by atoms with Crippen LogP contribution in [0.25, 0.3) is 0 Å². The maximum absolute atomic E-state index is 12.8. The second-order valence-corrected chi connectivity index (χ2v) is 7.73. The molecule has 0 aromatic heterocycles. The molecule has 0 bridgehead atoms. The number of benzene rings is 2. The zero-order valence-corrected chi connectivity index (χ0v) is 15.0. The molecule has 0 spiro atoms. The first-order valence-corrected chi connectivity index (χ1v) is 9.23. The number of primary amides is 1. The number of nitrogens with zero attached hydrogens (tertiary/aromatic N) is 1. The second kappa shape index (κ2) is 7.14. The highest BCUT2D eigenvalue weighted by Gasteiger charge is 2.26. The molecule has 0 aliphatic rings. The van der Waals surface area contributed by atoms with Crippen LogP contribution in [0.15, 0.2) is 57.9 Å². The van der Waals surface area contributed by atoms with Crippen LogP contribution in [0.3, 0.4) is 0 Å². The van der Waals surface area contributed by atoms with Gasteiger partial charge in [-0.2, -0.15) is 0 Å². The van der Waals surface area contributed by atoms with E-state index in [4.69, 9.17) is 5.73 Å². The summed E-state index contributed by atoms with van der Waals surface area (Å²) in [6, 6.07) is 13.3. The summed E-state index contributed by atoms with van der Waals surface area (Å²) in [7, 11) is -3.87. The first kappa shape index (κ1) is 17.5. The third-order valence-electron chi connectivity index (χ3n) is 3.33. The lowest BCUT2D eigenvalue weighted by molar-refractivity contribution is -0.116. The average Bonchev–Trinajstić information content (AvgIpc) is 2.53. The van der Waals surface area contributed by atoms with E-state index in [0.29, 0.717) is 5.69 Å². The minimum atomic E-state index is -3.87. The molecule has 0 aliphatic carbocycles. The van der Waals surface area contributed by atoms with Crippen LogP contribution in [-0.2, 0) is 21.2 Å². The molecule has 0 atom stereocenters. The van der Waals surface area contributed by atoms with Gasteiger partial charge in [0, 0.05) is 4.47 Å². The number of halogens is 1. The van der Waals surface area contributed by atoms with E-state index < -0.39 is 22.5 Å². The minimum absolute atomic E-state index is 0.0986. The van der Waals surface area contributed by atoms with Crippen LogP contribution in [0, 0.1) is 0 Å². The van der Waals surface area contributed by atoms with Gasteiger partial charge in [-0.25, -0.2) is 8.42 Å². The van der Waals surface area contributed by atoms with E-state index in [1.165, 1.54) is 12.1 Å². The van der Waals surface area contributed by atoms with Gasteiger partial charge in [-0.15, -0.1) is 0 Å². The van der Waals surface area contributed by atoms with Crippen molar-refractivity contribution in [1.82, 2.24) is 0 Å². The normalized spacial score (nSPS) is 11.2. The standard InChI is InChI=1S/C16H17BrN2O3S/c1-2-12-3-7-14(8-4-12)19(11-16(18)20)23(21,22)15-9-5-13(17)6-10-15/h3-10H,2,11H2,1H3,(H2,18,20). The molecule has 2 N–H and O–H groups in total. The molecule has 2 aromatic rings. The Bertz CT molecular complexity index is 787. The zero-order chi connectivity index (χ0) is 17.0. The van der Waals surface area contributed by atoms with E-state index >= 15 is 0 Å². The van der Waals surface area contributed by atoms with Crippen LogP contribution in [0.5, 0.6) is 0 Å². The van der Waals surface area contributed by atoms with E-state index in [-0.39, 0.29) is 4.90 Å². The lowest BCUT2D eigenvalue weighted by Crippen LogP contribution is -2.38. The fourth-order valence-corrected chi connectivity index (χ4v) is 3.78. The van der Waals surface area contributed by atoms with Crippen molar-refractivity contribution in [2.24, 2.45) is 5.73 Å². The summed E-state index contributed by atoms with van der Waals surface area (Å²) in [6.45, 7) is 1.60. The Kier molecular flexibility index (Phi) is 5.43. The zero-order valence-electron chi connectivity index (χ0n) is 12.6. The SMILES string of the molecule is CCc1ccc(N(CC(N)=O)S(=O)(=O)c2ccc(Br)cc2)cc1. The Morgan fingerprint density at radius 2 is 1.65 bits per heavy atom. The summed E-state index contributed by atoms with van der Waals surface area (Å²) >= 11 is 3.27. The number of sulfonamides is 1.